The van der Waals surface area contributed by atoms with E-state index in [9.17, 15) is 9.59 Å². The molecule has 8 nitrogen and oxygen atoms in total. The maximum atomic E-state index is 15.5. The maximum absolute atomic E-state index is 15.5. The predicted octanol–water partition coefficient (Wildman–Crippen LogP) is 5.53. The Hall–Kier alpha value is -3.34. The predicted molar refractivity (Wildman–Crippen MR) is 147 cm³/mol. The Morgan fingerprint density at radius 2 is 1.82 bits per heavy atom. The van der Waals surface area contributed by atoms with Crippen molar-refractivity contribution in [2.45, 2.75) is 6.54 Å². The molecule has 1 fully saturated rings. The number of para-hydroxylation sites is 1. The molecule has 0 spiro atoms. The van der Waals surface area contributed by atoms with Crippen molar-refractivity contribution in [1.82, 2.24) is 4.90 Å². The number of halogens is 3. The molecule has 0 aromatic heterocycles. The normalized spacial score (nSPS) is 14.9. The van der Waals surface area contributed by atoms with Gasteiger partial charge in [0.05, 0.1) is 60.3 Å². The average molecular weight is 620 g/mol. The summed E-state index contributed by atoms with van der Waals surface area (Å²) in [5.41, 5.74) is 2.49. The van der Waals surface area contributed by atoms with Crippen LogP contribution in [0, 0.1) is 5.82 Å². The SMILES string of the molecule is COC(=O)c1cc(F)c(-c2cccc3c2OCN(C(=O)c2cc(OC)c(Br)cc2Cl)C3)cc1N1CCOCC1. The molecule has 11 heteroatoms. The molecule has 3 aromatic rings. The van der Waals surface area contributed by atoms with Crippen molar-refractivity contribution in [1.29, 1.82) is 0 Å². The molecular formula is C28H25BrClFN2O6. The molecule has 0 radical (unpaired) electrons. The van der Waals surface area contributed by atoms with E-state index in [1.807, 2.05) is 11.0 Å². The first-order valence-electron chi connectivity index (χ1n) is 12.1. The standard InChI is InChI=1S/C28H25BrClFN2O6/c1-36-25-12-19(22(30)13-21(25)29)27(34)33-14-16-4-3-5-17(26(16)39-15-33)18-11-24(32-6-8-38-9-7-32)20(10-23(18)31)28(35)37-2/h3-5,10-13H,6-9,14-15H2,1-2H3. The van der Waals surface area contributed by atoms with E-state index in [1.165, 1.54) is 25.2 Å². The molecule has 5 rings (SSSR count). The number of hydrogen-bond donors (Lipinski definition) is 0. The number of rotatable bonds is 5. The van der Waals surface area contributed by atoms with Gasteiger partial charge in [0.1, 0.15) is 17.3 Å². The van der Waals surface area contributed by atoms with E-state index in [4.69, 9.17) is 30.5 Å². The highest BCUT2D eigenvalue weighted by molar-refractivity contribution is 9.10. The first-order chi connectivity index (χ1) is 18.8. The summed E-state index contributed by atoms with van der Waals surface area (Å²) in [5.74, 6) is -0.587. The van der Waals surface area contributed by atoms with Crippen molar-refractivity contribution in [3.8, 4) is 22.6 Å². The number of esters is 1. The minimum atomic E-state index is -0.620. The molecule has 204 valence electrons. The summed E-state index contributed by atoms with van der Waals surface area (Å²) in [6.45, 7) is 2.27. The van der Waals surface area contributed by atoms with Crippen molar-refractivity contribution in [3.05, 3.63) is 74.5 Å². The molecule has 0 unspecified atom stereocenters. The van der Waals surface area contributed by atoms with Crippen molar-refractivity contribution >= 4 is 45.1 Å². The third-order valence-electron chi connectivity index (χ3n) is 6.71. The summed E-state index contributed by atoms with van der Waals surface area (Å²) < 4.78 is 37.9. The molecule has 39 heavy (non-hydrogen) atoms. The lowest BCUT2D eigenvalue weighted by Crippen LogP contribution is -2.37. The molecule has 1 amide bonds. The highest BCUT2D eigenvalue weighted by atomic mass is 79.9. The first-order valence-corrected chi connectivity index (χ1v) is 13.3. The second kappa shape index (κ2) is 11.4. The van der Waals surface area contributed by atoms with Gasteiger partial charge in [-0.1, -0.05) is 29.8 Å². The van der Waals surface area contributed by atoms with Gasteiger partial charge in [-0.05, 0) is 40.2 Å². The van der Waals surface area contributed by atoms with Gasteiger partial charge in [-0.15, -0.1) is 0 Å². The molecule has 0 atom stereocenters. The number of nitrogens with zero attached hydrogens (tertiary/aromatic N) is 2. The van der Waals surface area contributed by atoms with Crippen LogP contribution in [0.4, 0.5) is 10.1 Å². The zero-order chi connectivity index (χ0) is 27.7. The first kappa shape index (κ1) is 27.2. The van der Waals surface area contributed by atoms with E-state index in [1.54, 1.807) is 30.3 Å². The monoisotopic (exact) mass is 618 g/mol. The maximum Gasteiger partial charge on any atom is 0.340 e. The number of carbonyl (C=O) groups excluding carboxylic acids is 2. The van der Waals surface area contributed by atoms with Crippen LogP contribution in [0.5, 0.6) is 11.5 Å². The van der Waals surface area contributed by atoms with Gasteiger partial charge in [0.15, 0.2) is 6.73 Å². The van der Waals surface area contributed by atoms with Crippen LogP contribution in [-0.2, 0) is 16.0 Å². The Morgan fingerprint density at radius 3 is 2.54 bits per heavy atom. The number of methoxy groups -OCH3 is 2. The fourth-order valence-corrected chi connectivity index (χ4v) is 5.62. The molecular weight excluding hydrogens is 595 g/mol. The Bertz CT molecular complexity index is 1450. The molecule has 0 bridgehead atoms. The minimum absolute atomic E-state index is 0.0598. The fraction of sp³-hybridized carbons (Fsp3) is 0.286. The van der Waals surface area contributed by atoms with Crippen LogP contribution in [0.2, 0.25) is 5.02 Å². The summed E-state index contributed by atoms with van der Waals surface area (Å²) in [6, 6.07) is 11.4. The Kier molecular flexibility index (Phi) is 7.97. The van der Waals surface area contributed by atoms with Gasteiger partial charge in [0, 0.05) is 29.8 Å². The second-order valence-electron chi connectivity index (χ2n) is 8.98. The highest BCUT2D eigenvalue weighted by Gasteiger charge is 2.29. The van der Waals surface area contributed by atoms with Gasteiger partial charge < -0.3 is 28.7 Å². The number of amides is 1. The van der Waals surface area contributed by atoms with E-state index >= 15 is 4.39 Å². The van der Waals surface area contributed by atoms with Crippen LogP contribution in [0.25, 0.3) is 11.1 Å². The van der Waals surface area contributed by atoms with E-state index < -0.39 is 11.8 Å². The van der Waals surface area contributed by atoms with E-state index in [-0.39, 0.29) is 40.9 Å². The number of hydrogen-bond acceptors (Lipinski definition) is 7. The van der Waals surface area contributed by atoms with Gasteiger partial charge in [0.25, 0.3) is 5.91 Å². The summed E-state index contributed by atoms with van der Waals surface area (Å²) in [6.07, 6.45) is 0. The van der Waals surface area contributed by atoms with Gasteiger partial charge >= 0.3 is 5.97 Å². The molecule has 0 aliphatic carbocycles. The van der Waals surface area contributed by atoms with E-state index in [2.05, 4.69) is 15.9 Å². The Morgan fingerprint density at radius 1 is 1.05 bits per heavy atom. The molecule has 1 saturated heterocycles. The van der Waals surface area contributed by atoms with Gasteiger partial charge in [0.2, 0.25) is 0 Å². The number of carbonyl (C=O) groups is 2. The molecule has 3 aromatic carbocycles. The summed E-state index contributed by atoms with van der Waals surface area (Å²) in [5, 5.41) is 0.274. The van der Waals surface area contributed by atoms with Crippen LogP contribution < -0.4 is 14.4 Å². The molecule has 0 saturated carbocycles. The summed E-state index contributed by atoms with van der Waals surface area (Å²) >= 11 is 9.73. The van der Waals surface area contributed by atoms with E-state index in [0.29, 0.717) is 59.1 Å². The Balaban J connectivity index is 1.50. The van der Waals surface area contributed by atoms with Gasteiger partial charge in [-0.3, -0.25) is 4.79 Å². The van der Waals surface area contributed by atoms with Crippen LogP contribution in [0.15, 0.2) is 46.9 Å². The van der Waals surface area contributed by atoms with Crippen molar-refractivity contribution in [2.75, 3.05) is 52.2 Å². The largest absolute Gasteiger partial charge is 0.496 e. The number of ether oxygens (including phenoxy) is 4. The van der Waals surface area contributed by atoms with Crippen molar-refractivity contribution < 1.29 is 32.9 Å². The topological polar surface area (TPSA) is 77.5 Å². The second-order valence-corrected chi connectivity index (χ2v) is 10.2. The van der Waals surface area contributed by atoms with Crippen LogP contribution in [-0.4, -0.2) is 64.0 Å². The zero-order valence-electron chi connectivity index (χ0n) is 21.3. The smallest absolute Gasteiger partial charge is 0.340 e. The van der Waals surface area contributed by atoms with Crippen LogP contribution >= 0.6 is 27.5 Å². The number of benzene rings is 3. The third kappa shape index (κ3) is 5.28. The number of anilines is 1. The average Bonchev–Trinajstić information content (AvgIpc) is 2.96. The van der Waals surface area contributed by atoms with Gasteiger partial charge in [-0.2, -0.15) is 0 Å². The Labute approximate surface area is 238 Å². The third-order valence-corrected chi connectivity index (χ3v) is 7.65. The highest BCUT2D eigenvalue weighted by Crippen LogP contribution is 2.41. The minimum Gasteiger partial charge on any atom is -0.496 e. The lowest BCUT2D eigenvalue weighted by molar-refractivity contribution is 0.0515. The number of morpholine rings is 1. The quantitative estimate of drug-likeness (QED) is 0.348. The fourth-order valence-electron chi connectivity index (χ4n) is 4.74. The zero-order valence-corrected chi connectivity index (χ0v) is 23.6. The van der Waals surface area contributed by atoms with Crippen molar-refractivity contribution in [3.63, 3.8) is 0 Å². The van der Waals surface area contributed by atoms with Crippen molar-refractivity contribution in [2.24, 2.45) is 0 Å². The molecule has 2 aliphatic heterocycles. The summed E-state index contributed by atoms with van der Waals surface area (Å²) in [7, 11) is 2.77. The lowest BCUT2D eigenvalue weighted by atomic mass is 9.97. The van der Waals surface area contributed by atoms with Crippen LogP contribution in [0.3, 0.4) is 0 Å². The summed E-state index contributed by atoms with van der Waals surface area (Å²) in [4.78, 5) is 29.3. The molecule has 2 aliphatic rings. The molecule has 2 heterocycles. The number of fused-ring (bicyclic) bond motifs is 1. The van der Waals surface area contributed by atoms with Gasteiger partial charge in [-0.25, -0.2) is 9.18 Å². The van der Waals surface area contributed by atoms with E-state index in [0.717, 1.165) is 0 Å². The van der Waals surface area contributed by atoms with Crippen LogP contribution in [0.1, 0.15) is 26.3 Å². The lowest BCUT2D eigenvalue weighted by Gasteiger charge is -2.32. The molecule has 0 N–H and O–H groups in total.